The van der Waals surface area contributed by atoms with E-state index >= 15 is 0 Å². The molecule has 2 rings (SSSR count). The van der Waals surface area contributed by atoms with E-state index < -0.39 is 42.4 Å². The van der Waals surface area contributed by atoms with Crippen molar-refractivity contribution in [2.24, 2.45) is 5.11 Å². The van der Waals surface area contributed by atoms with E-state index in [0.717, 1.165) is 0 Å². The Labute approximate surface area is 137 Å². The third kappa shape index (κ3) is 3.95. The van der Waals surface area contributed by atoms with E-state index in [1.165, 1.54) is 11.8 Å². The summed E-state index contributed by atoms with van der Waals surface area (Å²) in [6.45, 7) is -0.444. The van der Waals surface area contributed by atoms with Crippen molar-refractivity contribution in [3.05, 3.63) is 46.3 Å². The van der Waals surface area contributed by atoms with Gasteiger partial charge in [-0.2, -0.15) is 0 Å². The highest BCUT2D eigenvalue weighted by Gasteiger charge is 2.46. The Morgan fingerprint density at radius 2 is 2.17 bits per heavy atom. The highest BCUT2D eigenvalue weighted by molar-refractivity contribution is 7.99. The standard InChI is InChI=1S/C14H17N3O5S/c1-23-14-10(16-17-15)12(11(19)9(7-18)21-14)22-13(20)8-5-3-2-4-6-8/h2-6,9-12,14,18-19H,7H2,1H3/t9?,10?,11-,12-,14+/m1/s1. The van der Waals surface area contributed by atoms with Gasteiger partial charge in [0.05, 0.1) is 12.2 Å². The van der Waals surface area contributed by atoms with Crippen LogP contribution < -0.4 is 0 Å². The van der Waals surface area contributed by atoms with E-state index in [0.29, 0.717) is 5.56 Å². The second-order valence-corrected chi connectivity index (χ2v) is 5.82. The first-order chi connectivity index (χ1) is 11.1. The minimum atomic E-state index is -1.30. The van der Waals surface area contributed by atoms with E-state index in [2.05, 4.69) is 10.0 Å². The number of hydrogen-bond acceptors (Lipinski definition) is 7. The van der Waals surface area contributed by atoms with Crippen LogP contribution in [0.5, 0.6) is 0 Å². The molecule has 1 fully saturated rings. The van der Waals surface area contributed by atoms with Gasteiger partial charge in [0.15, 0.2) is 0 Å². The van der Waals surface area contributed by atoms with E-state index in [4.69, 9.17) is 15.0 Å². The molecule has 1 aliphatic heterocycles. The first-order valence-electron chi connectivity index (χ1n) is 6.89. The molecule has 1 heterocycles. The van der Waals surface area contributed by atoms with Crippen molar-refractivity contribution in [1.82, 2.24) is 0 Å². The summed E-state index contributed by atoms with van der Waals surface area (Å²) in [5.74, 6) is -0.647. The summed E-state index contributed by atoms with van der Waals surface area (Å²) in [4.78, 5) is 15.0. The molecule has 2 unspecified atom stereocenters. The molecule has 1 saturated heterocycles. The lowest BCUT2D eigenvalue weighted by Gasteiger charge is -2.41. The largest absolute Gasteiger partial charge is 0.455 e. The molecule has 1 aliphatic rings. The molecule has 9 heteroatoms. The fourth-order valence-electron chi connectivity index (χ4n) is 2.33. The summed E-state index contributed by atoms with van der Waals surface area (Å²) >= 11 is 1.24. The molecule has 0 spiro atoms. The minimum absolute atomic E-state index is 0.312. The first-order valence-corrected chi connectivity index (χ1v) is 8.18. The average molecular weight is 339 g/mol. The van der Waals surface area contributed by atoms with Gasteiger partial charge in [0.25, 0.3) is 0 Å². The second kappa shape index (κ2) is 8.19. The van der Waals surface area contributed by atoms with Crippen LogP contribution in [0.15, 0.2) is 35.4 Å². The van der Waals surface area contributed by atoms with E-state index in [-0.39, 0.29) is 0 Å². The Bertz CT molecular complexity index is 581. The van der Waals surface area contributed by atoms with E-state index in [1.54, 1.807) is 36.6 Å². The number of benzene rings is 1. The zero-order chi connectivity index (χ0) is 16.8. The van der Waals surface area contributed by atoms with Crippen LogP contribution in [0.1, 0.15) is 10.4 Å². The third-order valence-electron chi connectivity index (χ3n) is 3.49. The fraction of sp³-hybridized carbons (Fsp3) is 0.500. The Kier molecular flexibility index (Phi) is 6.26. The van der Waals surface area contributed by atoms with Gasteiger partial charge >= 0.3 is 5.97 Å². The summed E-state index contributed by atoms with van der Waals surface area (Å²) in [5.41, 5.74) is 8.41. The van der Waals surface area contributed by atoms with Crippen LogP contribution in [-0.2, 0) is 9.47 Å². The molecular formula is C14H17N3O5S. The van der Waals surface area contributed by atoms with Crippen LogP contribution in [0, 0.1) is 0 Å². The maximum Gasteiger partial charge on any atom is 0.338 e. The number of carbonyl (C=O) groups is 1. The molecule has 5 atom stereocenters. The number of aliphatic hydroxyl groups is 2. The van der Waals surface area contributed by atoms with Crippen LogP contribution in [0.4, 0.5) is 0 Å². The van der Waals surface area contributed by atoms with Gasteiger partial charge in [-0.1, -0.05) is 23.3 Å². The van der Waals surface area contributed by atoms with Crippen LogP contribution in [0.3, 0.4) is 0 Å². The van der Waals surface area contributed by atoms with Gasteiger partial charge in [-0.25, -0.2) is 4.79 Å². The van der Waals surface area contributed by atoms with Crippen LogP contribution in [0.25, 0.3) is 10.4 Å². The number of thioether (sulfide) groups is 1. The summed E-state index contributed by atoms with van der Waals surface area (Å²) in [6.07, 6.45) is -1.60. The Balaban J connectivity index is 2.25. The van der Waals surface area contributed by atoms with Gasteiger partial charge in [-0.15, -0.1) is 11.8 Å². The molecule has 0 bridgehead atoms. The topological polar surface area (TPSA) is 125 Å². The van der Waals surface area contributed by atoms with Gasteiger partial charge < -0.3 is 19.7 Å². The lowest BCUT2D eigenvalue weighted by Crippen LogP contribution is -2.58. The predicted octanol–water partition coefficient (Wildman–Crippen LogP) is 1.33. The van der Waals surface area contributed by atoms with Crippen LogP contribution in [0.2, 0.25) is 0 Å². The number of esters is 1. The molecule has 0 aliphatic carbocycles. The van der Waals surface area contributed by atoms with Crippen molar-refractivity contribution < 1.29 is 24.5 Å². The van der Waals surface area contributed by atoms with Crippen molar-refractivity contribution in [3.8, 4) is 0 Å². The summed E-state index contributed by atoms with van der Waals surface area (Å²) in [6, 6.07) is 7.37. The third-order valence-corrected chi connectivity index (χ3v) is 4.35. The second-order valence-electron chi connectivity index (χ2n) is 4.88. The Morgan fingerprint density at radius 3 is 2.74 bits per heavy atom. The van der Waals surface area contributed by atoms with Gasteiger partial charge in [0, 0.05) is 4.91 Å². The van der Waals surface area contributed by atoms with Crippen molar-refractivity contribution in [3.63, 3.8) is 0 Å². The summed E-state index contributed by atoms with van der Waals surface area (Å²) in [7, 11) is 0. The van der Waals surface area contributed by atoms with E-state index in [1.807, 2.05) is 0 Å². The Hall–Kier alpha value is -1.77. The molecular weight excluding hydrogens is 322 g/mol. The normalized spacial score (nSPS) is 30.3. The monoisotopic (exact) mass is 339 g/mol. The maximum atomic E-state index is 12.2. The molecule has 23 heavy (non-hydrogen) atoms. The molecule has 0 amide bonds. The Morgan fingerprint density at radius 1 is 1.48 bits per heavy atom. The number of rotatable bonds is 5. The fourth-order valence-corrected chi connectivity index (χ4v) is 3.07. The first kappa shape index (κ1) is 17.6. The molecule has 2 N–H and O–H groups in total. The van der Waals surface area contributed by atoms with E-state index in [9.17, 15) is 15.0 Å². The van der Waals surface area contributed by atoms with Gasteiger partial charge in [-0.05, 0) is 23.9 Å². The quantitative estimate of drug-likeness (QED) is 0.361. The molecule has 124 valence electrons. The number of ether oxygens (including phenoxy) is 2. The maximum absolute atomic E-state index is 12.2. The molecule has 1 aromatic rings. The molecule has 1 aromatic carbocycles. The summed E-state index contributed by atoms with van der Waals surface area (Å²) in [5, 5.41) is 23.2. The summed E-state index contributed by atoms with van der Waals surface area (Å²) < 4.78 is 10.8. The lowest BCUT2D eigenvalue weighted by atomic mass is 9.98. The molecule has 0 radical (unpaired) electrons. The lowest BCUT2D eigenvalue weighted by molar-refractivity contribution is -0.167. The number of aliphatic hydroxyl groups excluding tert-OH is 2. The van der Waals surface area contributed by atoms with Gasteiger partial charge in [0.1, 0.15) is 29.8 Å². The smallest absolute Gasteiger partial charge is 0.338 e. The SMILES string of the molecule is CS[C@@H]1OC(CO)[C@@H](O)[C@H](OC(=O)c2ccccc2)C1N=[N+]=[N-]. The zero-order valence-electron chi connectivity index (χ0n) is 12.3. The van der Waals surface area contributed by atoms with Gasteiger partial charge in [0.2, 0.25) is 0 Å². The van der Waals surface area contributed by atoms with Crippen molar-refractivity contribution >= 4 is 17.7 Å². The van der Waals surface area contributed by atoms with Crippen molar-refractivity contribution in [2.45, 2.75) is 29.8 Å². The predicted molar refractivity (Wildman–Crippen MR) is 83.8 cm³/mol. The number of carbonyl (C=O) groups excluding carboxylic acids is 1. The highest BCUT2D eigenvalue weighted by Crippen LogP contribution is 2.31. The van der Waals surface area contributed by atoms with Crippen molar-refractivity contribution in [1.29, 1.82) is 0 Å². The van der Waals surface area contributed by atoms with Crippen LogP contribution >= 0.6 is 11.8 Å². The molecule has 0 saturated carbocycles. The molecule has 0 aromatic heterocycles. The zero-order valence-corrected chi connectivity index (χ0v) is 13.2. The van der Waals surface area contributed by atoms with Crippen LogP contribution in [-0.4, -0.2) is 58.8 Å². The molecule has 8 nitrogen and oxygen atoms in total. The minimum Gasteiger partial charge on any atom is -0.455 e. The average Bonchev–Trinajstić information content (AvgIpc) is 2.59. The van der Waals surface area contributed by atoms with Gasteiger partial charge in [-0.3, -0.25) is 0 Å². The number of azide groups is 1. The number of nitrogens with zero attached hydrogens (tertiary/aromatic N) is 3. The van der Waals surface area contributed by atoms with Crippen molar-refractivity contribution in [2.75, 3.05) is 12.9 Å². The highest BCUT2D eigenvalue weighted by atomic mass is 32.2. The number of hydrogen-bond donors (Lipinski definition) is 2.